The summed E-state index contributed by atoms with van der Waals surface area (Å²) in [5, 5.41) is 0. The van der Waals surface area contributed by atoms with Gasteiger partial charge in [-0.3, -0.25) is 0 Å². The van der Waals surface area contributed by atoms with Crippen LogP contribution >= 0.6 is 15.9 Å². The minimum Gasteiger partial charge on any atom is -0.496 e. The Labute approximate surface area is 128 Å². The molecule has 0 unspecified atom stereocenters. The zero-order chi connectivity index (χ0) is 14.5. The first-order valence-corrected chi connectivity index (χ1v) is 7.36. The molecule has 0 aliphatic carbocycles. The van der Waals surface area contributed by atoms with E-state index in [2.05, 4.69) is 33.8 Å². The van der Waals surface area contributed by atoms with Gasteiger partial charge in [-0.05, 0) is 49.4 Å². The lowest BCUT2D eigenvalue weighted by Crippen LogP contribution is -2.22. The lowest BCUT2D eigenvalue weighted by atomic mass is 10.1. The number of rotatable bonds is 5. The zero-order valence-corrected chi connectivity index (χ0v) is 13.4. The lowest BCUT2D eigenvalue weighted by molar-refractivity contribution is 0.409. The molecule has 20 heavy (non-hydrogen) atoms. The van der Waals surface area contributed by atoms with Crippen molar-refractivity contribution in [3.63, 3.8) is 0 Å². The van der Waals surface area contributed by atoms with Gasteiger partial charge in [-0.15, -0.1) is 0 Å². The quantitative estimate of drug-likeness (QED) is 0.837. The number of anilines is 2. The highest BCUT2D eigenvalue weighted by Crippen LogP contribution is 2.26. The van der Waals surface area contributed by atoms with Crippen molar-refractivity contribution in [2.45, 2.75) is 13.5 Å². The Hall–Kier alpha value is -1.68. The first-order valence-electron chi connectivity index (χ1n) is 6.57. The number of nitrogen functional groups attached to an aromatic ring is 1. The third kappa shape index (κ3) is 3.45. The monoisotopic (exact) mass is 334 g/mol. The number of methoxy groups -OCH3 is 1. The maximum atomic E-state index is 5.74. The number of halogens is 1. The van der Waals surface area contributed by atoms with Crippen LogP contribution in [-0.4, -0.2) is 13.7 Å². The standard InChI is InChI=1S/C16H19BrN2O/c1-3-19(15-7-5-14(18)6-8-15)11-12-10-13(17)4-9-16(12)20-2/h4-10H,3,11,18H2,1-2H3. The summed E-state index contributed by atoms with van der Waals surface area (Å²) in [6.07, 6.45) is 0. The van der Waals surface area contributed by atoms with Gasteiger partial charge in [0.05, 0.1) is 7.11 Å². The van der Waals surface area contributed by atoms with Gasteiger partial charge in [0.25, 0.3) is 0 Å². The predicted molar refractivity (Wildman–Crippen MR) is 88.3 cm³/mol. The van der Waals surface area contributed by atoms with E-state index in [1.165, 1.54) is 0 Å². The SMILES string of the molecule is CCN(Cc1cc(Br)ccc1OC)c1ccc(N)cc1. The molecule has 2 aromatic carbocycles. The Kier molecular flexibility index (Phi) is 4.90. The maximum absolute atomic E-state index is 5.74. The van der Waals surface area contributed by atoms with Crippen LogP contribution in [0.2, 0.25) is 0 Å². The van der Waals surface area contributed by atoms with E-state index in [-0.39, 0.29) is 0 Å². The summed E-state index contributed by atoms with van der Waals surface area (Å²) in [6.45, 7) is 3.85. The molecule has 2 rings (SSSR count). The molecule has 2 aromatic rings. The van der Waals surface area contributed by atoms with Crippen molar-refractivity contribution in [2.24, 2.45) is 0 Å². The van der Waals surface area contributed by atoms with Crippen LogP contribution in [0.15, 0.2) is 46.9 Å². The topological polar surface area (TPSA) is 38.5 Å². The van der Waals surface area contributed by atoms with Gasteiger partial charge in [0.1, 0.15) is 5.75 Å². The number of nitrogens with two attached hydrogens (primary N) is 1. The largest absolute Gasteiger partial charge is 0.496 e. The summed E-state index contributed by atoms with van der Waals surface area (Å²) < 4.78 is 6.49. The Morgan fingerprint density at radius 1 is 1.15 bits per heavy atom. The highest BCUT2D eigenvalue weighted by atomic mass is 79.9. The zero-order valence-electron chi connectivity index (χ0n) is 11.8. The molecular weight excluding hydrogens is 316 g/mol. The summed E-state index contributed by atoms with van der Waals surface area (Å²) in [5.74, 6) is 0.905. The van der Waals surface area contributed by atoms with E-state index < -0.39 is 0 Å². The summed E-state index contributed by atoms with van der Waals surface area (Å²) >= 11 is 3.51. The molecule has 0 heterocycles. The molecule has 4 heteroatoms. The fourth-order valence-corrected chi connectivity index (χ4v) is 2.56. The van der Waals surface area contributed by atoms with E-state index in [9.17, 15) is 0 Å². The number of nitrogens with zero attached hydrogens (tertiary/aromatic N) is 1. The Morgan fingerprint density at radius 2 is 1.85 bits per heavy atom. The van der Waals surface area contributed by atoms with E-state index in [0.717, 1.165) is 40.2 Å². The van der Waals surface area contributed by atoms with Crippen LogP contribution in [0.5, 0.6) is 5.75 Å². The summed E-state index contributed by atoms with van der Waals surface area (Å²) in [4.78, 5) is 2.28. The van der Waals surface area contributed by atoms with E-state index in [1.54, 1.807) is 7.11 Å². The summed E-state index contributed by atoms with van der Waals surface area (Å²) in [6, 6.07) is 14.0. The van der Waals surface area contributed by atoms with Gasteiger partial charge in [-0.25, -0.2) is 0 Å². The molecule has 3 nitrogen and oxygen atoms in total. The molecule has 2 N–H and O–H groups in total. The molecule has 0 amide bonds. The van der Waals surface area contributed by atoms with E-state index in [1.807, 2.05) is 36.4 Å². The van der Waals surface area contributed by atoms with Gasteiger partial charge >= 0.3 is 0 Å². The fourth-order valence-electron chi connectivity index (χ4n) is 2.15. The smallest absolute Gasteiger partial charge is 0.123 e. The van der Waals surface area contributed by atoms with Crippen LogP contribution in [-0.2, 0) is 6.54 Å². The Bertz CT molecular complexity index is 569. The van der Waals surface area contributed by atoms with Crippen molar-refractivity contribution >= 4 is 27.3 Å². The fraction of sp³-hybridized carbons (Fsp3) is 0.250. The van der Waals surface area contributed by atoms with Gasteiger partial charge < -0.3 is 15.4 Å². The Balaban J connectivity index is 2.26. The normalized spacial score (nSPS) is 10.3. The molecule has 0 saturated carbocycles. The average Bonchev–Trinajstić information content (AvgIpc) is 2.46. The molecule has 0 aromatic heterocycles. The molecule has 106 valence electrons. The maximum Gasteiger partial charge on any atom is 0.123 e. The van der Waals surface area contributed by atoms with Crippen molar-refractivity contribution in [2.75, 3.05) is 24.3 Å². The number of ether oxygens (including phenoxy) is 1. The van der Waals surface area contributed by atoms with E-state index >= 15 is 0 Å². The van der Waals surface area contributed by atoms with Crippen molar-refractivity contribution < 1.29 is 4.74 Å². The van der Waals surface area contributed by atoms with Gasteiger partial charge in [0.15, 0.2) is 0 Å². The molecule has 0 spiro atoms. The predicted octanol–water partition coefficient (Wildman–Crippen LogP) is 4.07. The van der Waals surface area contributed by atoms with Crippen molar-refractivity contribution in [3.8, 4) is 5.75 Å². The van der Waals surface area contributed by atoms with E-state index in [4.69, 9.17) is 10.5 Å². The second-order valence-corrected chi connectivity index (χ2v) is 5.48. The van der Waals surface area contributed by atoms with Gasteiger partial charge in [-0.1, -0.05) is 15.9 Å². The first kappa shape index (κ1) is 14.7. The molecule has 0 aliphatic heterocycles. The van der Waals surface area contributed by atoms with Gasteiger partial charge in [0, 0.05) is 34.5 Å². The van der Waals surface area contributed by atoms with Crippen molar-refractivity contribution in [1.29, 1.82) is 0 Å². The van der Waals surface area contributed by atoms with Crippen LogP contribution < -0.4 is 15.4 Å². The molecule has 0 bridgehead atoms. The third-order valence-corrected chi connectivity index (χ3v) is 3.74. The molecule has 0 aliphatic rings. The van der Waals surface area contributed by atoms with Crippen LogP contribution in [0, 0.1) is 0 Å². The van der Waals surface area contributed by atoms with Crippen LogP contribution in [0.25, 0.3) is 0 Å². The molecule has 0 radical (unpaired) electrons. The third-order valence-electron chi connectivity index (χ3n) is 3.24. The Morgan fingerprint density at radius 3 is 2.45 bits per heavy atom. The molecule has 0 fully saturated rings. The number of benzene rings is 2. The van der Waals surface area contributed by atoms with Crippen LogP contribution in [0.3, 0.4) is 0 Å². The second kappa shape index (κ2) is 6.66. The number of hydrogen-bond donors (Lipinski definition) is 1. The second-order valence-electron chi connectivity index (χ2n) is 4.56. The molecular formula is C16H19BrN2O. The van der Waals surface area contributed by atoms with E-state index in [0.29, 0.717) is 0 Å². The van der Waals surface area contributed by atoms with Crippen LogP contribution in [0.4, 0.5) is 11.4 Å². The summed E-state index contributed by atoms with van der Waals surface area (Å²) in [5.41, 5.74) is 8.83. The van der Waals surface area contributed by atoms with Crippen molar-refractivity contribution in [3.05, 3.63) is 52.5 Å². The minimum atomic E-state index is 0.782. The number of hydrogen-bond acceptors (Lipinski definition) is 3. The first-order chi connectivity index (χ1) is 9.63. The lowest BCUT2D eigenvalue weighted by Gasteiger charge is -2.24. The van der Waals surface area contributed by atoms with Gasteiger partial charge in [-0.2, -0.15) is 0 Å². The summed E-state index contributed by atoms with van der Waals surface area (Å²) in [7, 11) is 1.70. The average molecular weight is 335 g/mol. The highest BCUT2D eigenvalue weighted by molar-refractivity contribution is 9.10. The minimum absolute atomic E-state index is 0.782. The molecule has 0 atom stereocenters. The van der Waals surface area contributed by atoms with Gasteiger partial charge in [0.2, 0.25) is 0 Å². The van der Waals surface area contributed by atoms with Crippen LogP contribution in [0.1, 0.15) is 12.5 Å². The van der Waals surface area contributed by atoms with Crippen molar-refractivity contribution in [1.82, 2.24) is 0 Å². The molecule has 0 saturated heterocycles. The highest BCUT2D eigenvalue weighted by Gasteiger charge is 2.10.